The van der Waals surface area contributed by atoms with E-state index in [-0.39, 0.29) is 18.1 Å². The summed E-state index contributed by atoms with van der Waals surface area (Å²) < 4.78 is 39.2. The van der Waals surface area contributed by atoms with E-state index < -0.39 is 17.6 Å². The molecule has 160 valence electrons. The molecule has 1 aliphatic heterocycles. The van der Waals surface area contributed by atoms with Gasteiger partial charge in [0.05, 0.1) is 37.4 Å². The van der Waals surface area contributed by atoms with Crippen LogP contribution >= 0.6 is 0 Å². The van der Waals surface area contributed by atoms with Gasteiger partial charge in [0.1, 0.15) is 0 Å². The van der Waals surface area contributed by atoms with E-state index in [1.54, 1.807) is 4.90 Å². The molecule has 2 aromatic rings. The molecule has 0 saturated carbocycles. The van der Waals surface area contributed by atoms with E-state index >= 15 is 0 Å². The van der Waals surface area contributed by atoms with Crippen LogP contribution in [0.25, 0.3) is 0 Å². The van der Waals surface area contributed by atoms with Crippen LogP contribution in [0.1, 0.15) is 17.5 Å². The Kier molecular flexibility index (Phi) is 7.10. The molecule has 3 rings (SSSR count). The minimum Gasteiger partial charge on any atom is -0.331 e. The number of halogens is 3. The van der Waals surface area contributed by atoms with Crippen LogP contribution in [0.2, 0.25) is 0 Å². The molecule has 5 nitrogen and oxygen atoms in total. The lowest BCUT2D eigenvalue weighted by atomic mass is 10.1. The maximum Gasteiger partial charge on any atom is 0.418 e. The number of para-hydroxylation sites is 1. The van der Waals surface area contributed by atoms with Crippen LogP contribution in [-0.4, -0.2) is 49.4 Å². The number of rotatable bonds is 6. The van der Waals surface area contributed by atoms with Gasteiger partial charge in [-0.3, -0.25) is 9.59 Å². The lowest BCUT2D eigenvalue weighted by Crippen LogP contribution is -3.15. The third-order valence-electron chi connectivity index (χ3n) is 5.21. The van der Waals surface area contributed by atoms with Crippen molar-refractivity contribution in [1.82, 2.24) is 4.90 Å². The summed E-state index contributed by atoms with van der Waals surface area (Å²) >= 11 is 0. The van der Waals surface area contributed by atoms with E-state index in [0.29, 0.717) is 39.0 Å². The van der Waals surface area contributed by atoms with Gasteiger partial charge in [0, 0.05) is 6.42 Å². The molecule has 2 N–H and O–H groups in total. The largest absolute Gasteiger partial charge is 0.418 e. The molecule has 0 radical (unpaired) electrons. The first-order valence-corrected chi connectivity index (χ1v) is 9.94. The lowest BCUT2D eigenvalue weighted by molar-refractivity contribution is -0.895. The van der Waals surface area contributed by atoms with E-state index in [2.05, 4.69) is 5.32 Å². The minimum absolute atomic E-state index is 0.0677. The molecule has 1 fully saturated rings. The summed E-state index contributed by atoms with van der Waals surface area (Å²) in [7, 11) is 0. The van der Waals surface area contributed by atoms with Gasteiger partial charge in [-0.2, -0.15) is 13.2 Å². The number of amides is 2. The summed E-state index contributed by atoms with van der Waals surface area (Å²) in [5.74, 6) is -0.382. The number of benzene rings is 2. The van der Waals surface area contributed by atoms with Gasteiger partial charge in [0.2, 0.25) is 5.91 Å². The standard InChI is InChI=1S/C22H24F3N3O2/c23-22(24,25)18-8-4-5-9-19(18)26-20(29)16-27-12-14-28(15-13-27)21(30)11-10-17-6-2-1-3-7-17/h1-9H,10-16H2,(H,26,29)/p+1. The molecule has 0 spiro atoms. The first kappa shape index (κ1) is 21.8. The van der Waals surface area contributed by atoms with E-state index in [1.807, 2.05) is 30.3 Å². The van der Waals surface area contributed by atoms with E-state index in [9.17, 15) is 22.8 Å². The van der Waals surface area contributed by atoms with Gasteiger partial charge in [0.25, 0.3) is 5.91 Å². The van der Waals surface area contributed by atoms with Crippen molar-refractivity contribution >= 4 is 17.5 Å². The second-order valence-electron chi connectivity index (χ2n) is 7.38. The smallest absolute Gasteiger partial charge is 0.331 e. The predicted molar refractivity (Wildman–Crippen MR) is 107 cm³/mol. The first-order valence-electron chi connectivity index (χ1n) is 9.94. The van der Waals surface area contributed by atoms with Crippen molar-refractivity contribution in [3.8, 4) is 0 Å². The maximum absolute atomic E-state index is 13.1. The number of carbonyl (C=O) groups excluding carboxylic acids is 2. The van der Waals surface area contributed by atoms with Crippen LogP contribution in [0.4, 0.5) is 18.9 Å². The van der Waals surface area contributed by atoms with Crippen molar-refractivity contribution in [3.05, 3.63) is 65.7 Å². The number of hydrogen-bond donors (Lipinski definition) is 2. The second kappa shape index (κ2) is 9.75. The molecule has 2 amide bonds. The zero-order valence-electron chi connectivity index (χ0n) is 16.5. The quantitative estimate of drug-likeness (QED) is 0.751. The minimum atomic E-state index is -4.53. The molecule has 0 unspecified atom stereocenters. The van der Waals surface area contributed by atoms with E-state index in [1.165, 1.54) is 18.2 Å². The topological polar surface area (TPSA) is 53.9 Å². The third-order valence-corrected chi connectivity index (χ3v) is 5.21. The SMILES string of the molecule is O=C(C[NH+]1CCN(C(=O)CCc2ccccc2)CC1)Nc1ccccc1C(F)(F)F. The average molecular weight is 420 g/mol. The van der Waals surface area contributed by atoms with E-state index in [4.69, 9.17) is 0 Å². The third kappa shape index (κ3) is 6.06. The summed E-state index contributed by atoms with van der Waals surface area (Å²) in [4.78, 5) is 27.4. The summed E-state index contributed by atoms with van der Waals surface area (Å²) in [6, 6.07) is 14.7. The Morgan fingerprint density at radius 3 is 2.27 bits per heavy atom. The summed E-state index contributed by atoms with van der Waals surface area (Å²) in [5, 5.41) is 2.38. The Bertz CT molecular complexity index is 863. The van der Waals surface area contributed by atoms with Crippen molar-refractivity contribution in [3.63, 3.8) is 0 Å². The molecular weight excluding hydrogens is 395 g/mol. The Hall–Kier alpha value is -2.87. The number of carbonyl (C=O) groups is 2. The fourth-order valence-corrected chi connectivity index (χ4v) is 3.56. The number of nitrogens with one attached hydrogen (secondary N) is 2. The van der Waals surface area contributed by atoms with Gasteiger partial charge in [-0.15, -0.1) is 0 Å². The Morgan fingerprint density at radius 1 is 0.967 bits per heavy atom. The fraction of sp³-hybridized carbons (Fsp3) is 0.364. The second-order valence-corrected chi connectivity index (χ2v) is 7.38. The highest BCUT2D eigenvalue weighted by Crippen LogP contribution is 2.34. The average Bonchev–Trinajstić information content (AvgIpc) is 2.73. The molecule has 8 heteroatoms. The summed E-state index contributed by atoms with van der Waals surface area (Å²) in [5.41, 5.74) is 0.0252. The van der Waals surface area contributed by atoms with Gasteiger partial charge < -0.3 is 15.1 Å². The summed E-state index contributed by atoms with van der Waals surface area (Å²) in [6.45, 7) is 2.32. The number of piperazine rings is 1. The van der Waals surface area contributed by atoms with Crippen LogP contribution in [-0.2, 0) is 22.2 Å². The Labute approximate surface area is 173 Å². The molecule has 0 bridgehead atoms. The molecule has 1 aliphatic rings. The van der Waals surface area contributed by atoms with Crippen molar-refractivity contribution in [2.24, 2.45) is 0 Å². The monoisotopic (exact) mass is 420 g/mol. The number of aryl methyl sites for hydroxylation is 1. The number of quaternary nitrogens is 1. The number of anilines is 1. The zero-order valence-corrected chi connectivity index (χ0v) is 16.5. The molecular formula is C22H25F3N3O2+. The molecule has 0 aliphatic carbocycles. The highest BCUT2D eigenvalue weighted by atomic mass is 19.4. The highest BCUT2D eigenvalue weighted by Gasteiger charge is 2.34. The van der Waals surface area contributed by atoms with Gasteiger partial charge >= 0.3 is 6.18 Å². The zero-order chi connectivity index (χ0) is 21.6. The maximum atomic E-state index is 13.1. The fourth-order valence-electron chi connectivity index (χ4n) is 3.56. The molecule has 1 saturated heterocycles. The van der Waals surface area contributed by atoms with Crippen LogP contribution in [0.5, 0.6) is 0 Å². The van der Waals surface area contributed by atoms with Crippen molar-refractivity contribution < 1.29 is 27.7 Å². The summed E-state index contributed by atoms with van der Waals surface area (Å²) in [6.07, 6.45) is -3.40. The molecule has 2 aromatic carbocycles. The van der Waals surface area contributed by atoms with Crippen LogP contribution in [0, 0.1) is 0 Å². The first-order chi connectivity index (χ1) is 14.3. The van der Waals surface area contributed by atoms with Crippen molar-refractivity contribution in [1.29, 1.82) is 0 Å². The van der Waals surface area contributed by atoms with Gasteiger partial charge in [0.15, 0.2) is 6.54 Å². The van der Waals surface area contributed by atoms with Crippen molar-refractivity contribution in [2.75, 3.05) is 38.0 Å². The predicted octanol–water partition coefficient (Wildman–Crippen LogP) is 2.00. The Balaban J connectivity index is 1.44. The van der Waals surface area contributed by atoms with Crippen LogP contribution < -0.4 is 10.2 Å². The van der Waals surface area contributed by atoms with Crippen LogP contribution in [0.3, 0.4) is 0 Å². The van der Waals surface area contributed by atoms with Crippen molar-refractivity contribution in [2.45, 2.75) is 19.0 Å². The number of hydrogen-bond acceptors (Lipinski definition) is 2. The molecule has 0 aromatic heterocycles. The van der Waals surface area contributed by atoms with Gasteiger partial charge in [-0.1, -0.05) is 42.5 Å². The highest BCUT2D eigenvalue weighted by molar-refractivity contribution is 5.92. The Morgan fingerprint density at radius 2 is 1.60 bits per heavy atom. The normalized spacial score (nSPS) is 15.1. The number of alkyl halides is 3. The molecule has 30 heavy (non-hydrogen) atoms. The lowest BCUT2D eigenvalue weighted by Gasteiger charge is -2.32. The van der Waals surface area contributed by atoms with Gasteiger partial charge in [-0.05, 0) is 24.1 Å². The van der Waals surface area contributed by atoms with Crippen LogP contribution in [0.15, 0.2) is 54.6 Å². The van der Waals surface area contributed by atoms with Gasteiger partial charge in [-0.25, -0.2) is 0 Å². The van der Waals surface area contributed by atoms with E-state index in [0.717, 1.165) is 16.5 Å². The molecule has 0 atom stereocenters. The number of nitrogens with zero attached hydrogens (tertiary/aromatic N) is 1. The molecule has 1 heterocycles.